The van der Waals surface area contributed by atoms with Crippen LogP contribution in [0.2, 0.25) is 0 Å². The van der Waals surface area contributed by atoms with Crippen LogP contribution in [0.1, 0.15) is 68.2 Å². The molecule has 0 unspecified atom stereocenters. The van der Waals surface area contributed by atoms with Crippen LogP contribution in [0.25, 0.3) is 0 Å². The van der Waals surface area contributed by atoms with Gasteiger partial charge in [0.05, 0.1) is 0 Å². The molecule has 0 nitrogen and oxygen atoms in total. The summed E-state index contributed by atoms with van der Waals surface area (Å²) in [6, 6.07) is 15.3. The van der Waals surface area contributed by atoms with E-state index in [1.807, 2.05) is 48.5 Å². The SMILES string of the molecule is CCCCCc1ccc(C#C/C(F)=C(\F)C#Cc2ccc(CCCC)cc2)cc1. The van der Waals surface area contributed by atoms with Gasteiger partial charge in [-0.3, -0.25) is 0 Å². The Morgan fingerprint density at radius 1 is 0.621 bits per heavy atom. The Morgan fingerprint density at radius 3 is 1.45 bits per heavy atom. The maximum atomic E-state index is 13.9. The van der Waals surface area contributed by atoms with Crippen LogP contribution in [0.4, 0.5) is 8.78 Å². The summed E-state index contributed by atoms with van der Waals surface area (Å²) in [5.41, 5.74) is 3.77. The van der Waals surface area contributed by atoms with Gasteiger partial charge in [0.25, 0.3) is 0 Å². The Labute approximate surface area is 174 Å². The molecule has 0 heterocycles. The average molecular weight is 391 g/mol. The van der Waals surface area contributed by atoms with Gasteiger partial charge < -0.3 is 0 Å². The van der Waals surface area contributed by atoms with E-state index in [-0.39, 0.29) is 0 Å². The summed E-state index contributed by atoms with van der Waals surface area (Å²) < 4.78 is 27.8. The lowest BCUT2D eigenvalue weighted by molar-refractivity contribution is 0.584. The molecule has 0 bridgehead atoms. The second-order valence-corrected chi connectivity index (χ2v) is 7.08. The lowest BCUT2D eigenvalue weighted by Crippen LogP contribution is -1.85. The van der Waals surface area contributed by atoms with Gasteiger partial charge in [0, 0.05) is 11.1 Å². The summed E-state index contributed by atoms with van der Waals surface area (Å²) in [6.07, 6.45) is 7.87. The summed E-state index contributed by atoms with van der Waals surface area (Å²) in [7, 11) is 0. The van der Waals surface area contributed by atoms with E-state index in [2.05, 4.69) is 37.5 Å². The van der Waals surface area contributed by atoms with Crippen LogP contribution < -0.4 is 0 Å². The van der Waals surface area contributed by atoms with Crippen molar-refractivity contribution in [2.45, 2.75) is 58.8 Å². The van der Waals surface area contributed by atoms with Crippen molar-refractivity contribution in [2.75, 3.05) is 0 Å². The highest BCUT2D eigenvalue weighted by atomic mass is 19.2. The molecular formula is C27H28F2. The molecular weight excluding hydrogens is 362 g/mol. The maximum absolute atomic E-state index is 13.9. The van der Waals surface area contributed by atoms with Crippen LogP contribution in [-0.2, 0) is 12.8 Å². The van der Waals surface area contributed by atoms with Gasteiger partial charge in [-0.2, -0.15) is 8.78 Å². The van der Waals surface area contributed by atoms with Crippen molar-refractivity contribution in [3.8, 4) is 23.7 Å². The van der Waals surface area contributed by atoms with E-state index in [9.17, 15) is 8.78 Å². The number of aryl methyl sites for hydroxylation is 2. The van der Waals surface area contributed by atoms with E-state index in [4.69, 9.17) is 0 Å². The molecule has 0 atom stereocenters. The molecule has 0 aliphatic rings. The average Bonchev–Trinajstić information content (AvgIpc) is 2.76. The van der Waals surface area contributed by atoms with E-state index in [0.29, 0.717) is 11.1 Å². The zero-order valence-electron chi connectivity index (χ0n) is 17.3. The monoisotopic (exact) mass is 390 g/mol. The third kappa shape index (κ3) is 8.37. The fourth-order valence-corrected chi connectivity index (χ4v) is 2.83. The van der Waals surface area contributed by atoms with Crippen LogP contribution in [0.3, 0.4) is 0 Å². The normalized spacial score (nSPS) is 11.0. The molecule has 2 aromatic rings. The van der Waals surface area contributed by atoms with Gasteiger partial charge >= 0.3 is 0 Å². The van der Waals surface area contributed by atoms with Crippen molar-refractivity contribution in [2.24, 2.45) is 0 Å². The number of halogens is 2. The van der Waals surface area contributed by atoms with Crippen molar-refractivity contribution >= 4 is 0 Å². The number of allylic oxidation sites excluding steroid dienone is 2. The first-order valence-electron chi connectivity index (χ1n) is 10.4. The Bertz CT molecular complexity index is 911. The second-order valence-electron chi connectivity index (χ2n) is 7.08. The molecule has 0 amide bonds. The number of hydrogen-bond acceptors (Lipinski definition) is 0. The van der Waals surface area contributed by atoms with E-state index in [1.54, 1.807) is 0 Å². The minimum atomic E-state index is -1.14. The topological polar surface area (TPSA) is 0 Å². The fourth-order valence-electron chi connectivity index (χ4n) is 2.83. The van der Waals surface area contributed by atoms with Gasteiger partial charge in [0.15, 0.2) is 0 Å². The standard InChI is InChI=1S/C27H28F2/c1-3-5-7-9-23-12-16-25(17-13-23)19-21-27(29)26(28)20-18-24-14-10-22(11-15-24)8-6-4-2/h10-17H,3-9H2,1-2H3/b27-26+. The molecule has 0 saturated heterocycles. The number of unbranched alkanes of at least 4 members (excludes halogenated alkanes) is 3. The molecule has 0 N–H and O–H groups in total. The number of benzene rings is 2. The summed E-state index contributed by atoms with van der Waals surface area (Å²) in [5.74, 6) is 7.48. The van der Waals surface area contributed by atoms with Crippen LogP contribution in [-0.4, -0.2) is 0 Å². The highest BCUT2D eigenvalue weighted by Crippen LogP contribution is 2.11. The minimum absolute atomic E-state index is 0.653. The highest BCUT2D eigenvalue weighted by Gasteiger charge is 2.00. The Balaban J connectivity index is 1.99. The molecule has 2 aromatic carbocycles. The quantitative estimate of drug-likeness (QED) is 0.343. The number of hydrogen-bond donors (Lipinski definition) is 0. The lowest BCUT2D eigenvalue weighted by Gasteiger charge is -2.00. The van der Waals surface area contributed by atoms with Crippen molar-refractivity contribution in [3.63, 3.8) is 0 Å². The van der Waals surface area contributed by atoms with Gasteiger partial charge in [-0.05, 0) is 72.9 Å². The molecule has 0 aliphatic carbocycles. The van der Waals surface area contributed by atoms with E-state index < -0.39 is 11.7 Å². The third-order valence-electron chi connectivity index (χ3n) is 4.62. The molecule has 150 valence electrons. The van der Waals surface area contributed by atoms with Crippen molar-refractivity contribution in [1.29, 1.82) is 0 Å². The summed E-state index contributed by atoms with van der Waals surface area (Å²) >= 11 is 0. The Kier molecular flexibility index (Phi) is 9.74. The van der Waals surface area contributed by atoms with Gasteiger partial charge in [-0.1, -0.05) is 69.2 Å². The summed E-state index contributed by atoms with van der Waals surface area (Å²) in [5, 5.41) is 0. The summed E-state index contributed by atoms with van der Waals surface area (Å²) in [6.45, 7) is 4.32. The molecule has 2 rings (SSSR count). The Hall–Kier alpha value is -2.84. The molecule has 2 heteroatoms. The molecule has 0 radical (unpaired) electrons. The first-order valence-corrected chi connectivity index (χ1v) is 10.4. The van der Waals surface area contributed by atoms with Crippen molar-refractivity contribution in [3.05, 3.63) is 82.4 Å². The zero-order valence-corrected chi connectivity index (χ0v) is 17.3. The third-order valence-corrected chi connectivity index (χ3v) is 4.62. The van der Waals surface area contributed by atoms with Crippen LogP contribution in [0.5, 0.6) is 0 Å². The first kappa shape index (κ1) is 22.4. The number of rotatable bonds is 7. The molecule has 0 aliphatic heterocycles. The maximum Gasteiger partial charge on any atom is 0.217 e. The first-order chi connectivity index (χ1) is 14.1. The molecule has 0 fully saturated rings. The van der Waals surface area contributed by atoms with Crippen LogP contribution in [0, 0.1) is 23.7 Å². The second kappa shape index (κ2) is 12.6. The molecule has 0 saturated carbocycles. The molecule has 29 heavy (non-hydrogen) atoms. The smallest absolute Gasteiger partial charge is 0.193 e. The van der Waals surface area contributed by atoms with Crippen LogP contribution in [0.15, 0.2) is 60.2 Å². The lowest BCUT2D eigenvalue weighted by atomic mass is 10.1. The highest BCUT2D eigenvalue weighted by molar-refractivity contribution is 5.45. The predicted octanol–water partition coefficient (Wildman–Crippen LogP) is 7.32. The minimum Gasteiger partial charge on any atom is -0.193 e. The van der Waals surface area contributed by atoms with Gasteiger partial charge in [0.2, 0.25) is 11.7 Å². The Morgan fingerprint density at radius 2 is 1.03 bits per heavy atom. The largest absolute Gasteiger partial charge is 0.217 e. The van der Waals surface area contributed by atoms with Gasteiger partial charge in [-0.15, -0.1) is 0 Å². The van der Waals surface area contributed by atoms with E-state index >= 15 is 0 Å². The van der Waals surface area contributed by atoms with Gasteiger partial charge in [0.1, 0.15) is 0 Å². The predicted molar refractivity (Wildman–Crippen MR) is 118 cm³/mol. The van der Waals surface area contributed by atoms with E-state index in [1.165, 1.54) is 24.0 Å². The fraction of sp³-hybridized carbons (Fsp3) is 0.333. The van der Waals surface area contributed by atoms with Crippen LogP contribution >= 0.6 is 0 Å². The summed E-state index contributed by atoms with van der Waals surface area (Å²) in [4.78, 5) is 0. The van der Waals surface area contributed by atoms with Crippen molar-refractivity contribution < 1.29 is 8.78 Å². The zero-order chi connectivity index (χ0) is 20.9. The molecule has 0 spiro atoms. The molecule has 0 aromatic heterocycles. The van der Waals surface area contributed by atoms with Gasteiger partial charge in [-0.25, -0.2) is 0 Å². The van der Waals surface area contributed by atoms with E-state index in [0.717, 1.165) is 32.1 Å². The van der Waals surface area contributed by atoms with Crippen molar-refractivity contribution in [1.82, 2.24) is 0 Å².